The number of anilines is 1. The van der Waals surface area contributed by atoms with Crippen molar-refractivity contribution in [2.24, 2.45) is 0 Å². The van der Waals surface area contributed by atoms with E-state index in [-0.39, 0.29) is 18.4 Å². The molecule has 0 bridgehead atoms. The predicted molar refractivity (Wildman–Crippen MR) is 103 cm³/mol. The van der Waals surface area contributed by atoms with Crippen molar-refractivity contribution < 1.29 is 19.1 Å². The number of nitrogens with one attached hydrogen (secondary N) is 1. The zero-order valence-corrected chi connectivity index (χ0v) is 15.9. The Labute approximate surface area is 163 Å². The highest BCUT2D eigenvalue weighted by Crippen LogP contribution is 2.22. The van der Waals surface area contributed by atoms with Gasteiger partial charge in [0.15, 0.2) is 0 Å². The Kier molecular flexibility index (Phi) is 6.25. The van der Waals surface area contributed by atoms with Crippen LogP contribution < -0.4 is 19.7 Å². The third-order valence-corrected chi connectivity index (χ3v) is 4.48. The Balaban J connectivity index is 1.51. The highest BCUT2D eigenvalue weighted by Gasteiger charge is 2.22. The zero-order valence-electron chi connectivity index (χ0n) is 15.9. The number of piperazine rings is 1. The lowest BCUT2D eigenvalue weighted by Crippen LogP contribution is -2.51. The number of carbonyl (C=O) groups excluding carboxylic acids is 2. The maximum atomic E-state index is 12.4. The minimum atomic E-state index is -0.359. The largest absolute Gasteiger partial charge is 0.497 e. The quantitative estimate of drug-likeness (QED) is 0.777. The number of amides is 2. The van der Waals surface area contributed by atoms with Gasteiger partial charge < -0.3 is 24.6 Å². The van der Waals surface area contributed by atoms with Crippen LogP contribution in [0.5, 0.6) is 11.5 Å². The number of nitrogens with zero attached hydrogens (tertiary/aromatic N) is 4. The van der Waals surface area contributed by atoms with Crippen LogP contribution in [0, 0.1) is 0 Å². The molecule has 0 radical (unpaired) electrons. The first-order valence-electron chi connectivity index (χ1n) is 8.91. The molecule has 1 aliphatic heterocycles. The van der Waals surface area contributed by atoms with E-state index in [1.54, 1.807) is 41.6 Å². The Morgan fingerprint density at radius 1 is 1.00 bits per heavy atom. The second-order valence-corrected chi connectivity index (χ2v) is 6.20. The van der Waals surface area contributed by atoms with Crippen molar-refractivity contribution >= 4 is 17.8 Å². The van der Waals surface area contributed by atoms with Crippen molar-refractivity contribution in [1.29, 1.82) is 0 Å². The second-order valence-electron chi connectivity index (χ2n) is 6.20. The number of hydrogen-bond donors (Lipinski definition) is 1. The average molecular weight is 385 g/mol. The first kappa shape index (κ1) is 19.4. The number of ether oxygens (including phenoxy) is 2. The highest BCUT2D eigenvalue weighted by atomic mass is 16.5. The van der Waals surface area contributed by atoms with Crippen LogP contribution in [0.15, 0.2) is 36.7 Å². The molecule has 9 nitrogen and oxygen atoms in total. The SMILES string of the molecule is COc1cc(OC)cc(C(=O)NCC(=O)N2CCN(c3ncccn3)CC2)c1. The van der Waals surface area contributed by atoms with Crippen molar-refractivity contribution in [1.82, 2.24) is 20.2 Å². The summed E-state index contributed by atoms with van der Waals surface area (Å²) in [6.07, 6.45) is 3.39. The fourth-order valence-corrected chi connectivity index (χ4v) is 2.92. The van der Waals surface area contributed by atoms with E-state index >= 15 is 0 Å². The van der Waals surface area contributed by atoms with Gasteiger partial charge in [0.05, 0.1) is 20.8 Å². The fraction of sp³-hybridized carbons (Fsp3) is 0.368. The smallest absolute Gasteiger partial charge is 0.251 e. The molecule has 1 fully saturated rings. The van der Waals surface area contributed by atoms with Crippen molar-refractivity contribution in [3.05, 3.63) is 42.2 Å². The van der Waals surface area contributed by atoms with Gasteiger partial charge in [-0.25, -0.2) is 9.97 Å². The summed E-state index contributed by atoms with van der Waals surface area (Å²) >= 11 is 0. The molecular weight excluding hydrogens is 362 g/mol. The molecule has 2 aromatic rings. The molecule has 1 saturated heterocycles. The molecule has 0 aliphatic carbocycles. The minimum Gasteiger partial charge on any atom is -0.497 e. The van der Waals surface area contributed by atoms with Crippen molar-refractivity contribution in [3.63, 3.8) is 0 Å². The Morgan fingerprint density at radius 3 is 2.18 bits per heavy atom. The first-order chi connectivity index (χ1) is 13.6. The van der Waals surface area contributed by atoms with Crippen LogP contribution in [0.2, 0.25) is 0 Å². The molecule has 1 aliphatic rings. The van der Waals surface area contributed by atoms with Gasteiger partial charge >= 0.3 is 0 Å². The third-order valence-electron chi connectivity index (χ3n) is 4.48. The molecule has 0 saturated carbocycles. The van der Waals surface area contributed by atoms with E-state index in [0.717, 1.165) is 0 Å². The molecule has 0 spiro atoms. The van der Waals surface area contributed by atoms with E-state index in [0.29, 0.717) is 49.2 Å². The number of benzene rings is 1. The van der Waals surface area contributed by atoms with Crippen molar-refractivity contribution in [2.75, 3.05) is 51.8 Å². The summed E-state index contributed by atoms with van der Waals surface area (Å²) in [6.45, 7) is 2.34. The van der Waals surface area contributed by atoms with Gasteiger partial charge in [-0.1, -0.05) is 0 Å². The van der Waals surface area contributed by atoms with E-state index in [2.05, 4.69) is 15.3 Å². The van der Waals surface area contributed by atoms with E-state index in [1.165, 1.54) is 14.2 Å². The summed E-state index contributed by atoms with van der Waals surface area (Å²) in [4.78, 5) is 37.0. The molecular formula is C19H23N5O4. The molecule has 0 atom stereocenters. The van der Waals surface area contributed by atoms with Gasteiger partial charge in [0.2, 0.25) is 11.9 Å². The van der Waals surface area contributed by atoms with Gasteiger partial charge in [0.25, 0.3) is 5.91 Å². The zero-order chi connectivity index (χ0) is 19.9. The molecule has 3 rings (SSSR count). The molecule has 28 heavy (non-hydrogen) atoms. The molecule has 0 unspecified atom stereocenters. The topological polar surface area (TPSA) is 96.9 Å². The average Bonchev–Trinajstić information content (AvgIpc) is 2.77. The summed E-state index contributed by atoms with van der Waals surface area (Å²) in [5, 5.41) is 2.66. The molecule has 2 amide bonds. The van der Waals surface area contributed by atoms with Crippen LogP contribution in [0.3, 0.4) is 0 Å². The van der Waals surface area contributed by atoms with E-state index < -0.39 is 0 Å². The van der Waals surface area contributed by atoms with Gasteiger partial charge in [-0.3, -0.25) is 9.59 Å². The number of hydrogen-bond acceptors (Lipinski definition) is 7. The number of rotatable bonds is 6. The lowest BCUT2D eigenvalue weighted by molar-refractivity contribution is -0.130. The lowest BCUT2D eigenvalue weighted by Gasteiger charge is -2.34. The Hall–Kier alpha value is -3.36. The van der Waals surface area contributed by atoms with Crippen LogP contribution in [-0.4, -0.2) is 73.6 Å². The molecule has 2 heterocycles. The number of methoxy groups -OCH3 is 2. The van der Waals surface area contributed by atoms with Gasteiger partial charge in [0, 0.05) is 50.2 Å². The minimum absolute atomic E-state index is 0.0693. The molecule has 1 aromatic heterocycles. The van der Waals surface area contributed by atoms with Gasteiger partial charge in [-0.05, 0) is 18.2 Å². The maximum Gasteiger partial charge on any atom is 0.251 e. The molecule has 148 valence electrons. The van der Waals surface area contributed by atoms with Crippen LogP contribution in [0.1, 0.15) is 10.4 Å². The standard InChI is InChI=1S/C19H23N5O4/c1-27-15-10-14(11-16(12-15)28-2)18(26)22-13-17(25)23-6-8-24(9-7-23)19-20-4-3-5-21-19/h3-5,10-12H,6-9,13H2,1-2H3,(H,22,26). The fourth-order valence-electron chi connectivity index (χ4n) is 2.92. The summed E-state index contributed by atoms with van der Waals surface area (Å²) < 4.78 is 10.3. The second kappa shape index (κ2) is 9.03. The monoisotopic (exact) mass is 385 g/mol. The molecule has 9 heteroatoms. The third kappa shape index (κ3) is 4.67. The van der Waals surface area contributed by atoms with E-state index in [4.69, 9.17) is 9.47 Å². The normalized spacial score (nSPS) is 13.8. The lowest BCUT2D eigenvalue weighted by atomic mass is 10.2. The maximum absolute atomic E-state index is 12.4. The number of carbonyl (C=O) groups is 2. The van der Waals surface area contributed by atoms with Crippen molar-refractivity contribution in [3.8, 4) is 11.5 Å². The summed E-state index contributed by atoms with van der Waals surface area (Å²) in [5.41, 5.74) is 0.370. The van der Waals surface area contributed by atoms with Gasteiger partial charge in [-0.15, -0.1) is 0 Å². The van der Waals surface area contributed by atoms with Gasteiger partial charge in [0.1, 0.15) is 11.5 Å². The van der Waals surface area contributed by atoms with Crippen LogP contribution in [0.25, 0.3) is 0 Å². The van der Waals surface area contributed by atoms with Crippen LogP contribution >= 0.6 is 0 Å². The van der Waals surface area contributed by atoms with Crippen LogP contribution in [-0.2, 0) is 4.79 Å². The molecule has 1 N–H and O–H groups in total. The van der Waals surface area contributed by atoms with Crippen LogP contribution in [0.4, 0.5) is 5.95 Å². The summed E-state index contributed by atoms with van der Waals surface area (Å²) in [6, 6.07) is 6.64. The first-order valence-corrected chi connectivity index (χ1v) is 8.91. The Bertz CT molecular complexity index is 800. The van der Waals surface area contributed by atoms with Gasteiger partial charge in [-0.2, -0.15) is 0 Å². The van der Waals surface area contributed by atoms with E-state index in [9.17, 15) is 9.59 Å². The summed E-state index contributed by atoms with van der Waals surface area (Å²) in [5.74, 6) is 1.19. The predicted octanol–water partition coefficient (Wildman–Crippen LogP) is 0.572. The Morgan fingerprint density at radius 2 is 1.61 bits per heavy atom. The molecule has 1 aromatic carbocycles. The summed E-state index contributed by atoms with van der Waals surface area (Å²) in [7, 11) is 3.03. The number of aromatic nitrogens is 2. The van der Waals surface area contributed by atoms with E-state index in [1.807, 2.05) is 4.90 Å². The highest BCUT2D eigenvalue weighted by molar-refractivity contribution is 5.97. The van der Waals surface area contributed by atoms with Crippen molar-refractivity contribution in [2.45, 2.75) is 0 Å².